The van der Waals surface area contributed by atoms with Crippen LogP contribution in [0.25, 0.3) is 6.08 Å². The van der Waals surface area contributed by atoms with E-state index in [1.54, 1.807) is 12.2 Å². The maximum atomic E-state index is 12.1. The van der Waals surface area contributed by atoms with Gasteiger partial charge in [0.15, 0.2) is 0 Å². The van der Waals surface area contributed by atoms with Gasteiger partial charge in [0.05, 0.1) is 6.04 Å². The van der Waals surface area contributed by atoms with Crippen molar-refractivity contribution in [2.75, 3.05) is 0 Å². The van der Waals surface area contributed by atoms with Gasteiger partial charge in [-0.15, -0.1) is 0 Å². The topological polar surface area (TPSA) is 110 Å². The Labute approximate surface area is 201 Å². The molecule has 0 fully saturated rings. The van der Waals surface area contributed by atoms with E-state index in [2.05, 4.69) is 18.5 Å². The van der Waals surface area contributed by atoms with Crippen LogP contribution in [-0.2, 0) is 24.4 Å². The van der Waals surface area contributed by atoms with E-state index in [-0.39, 0.29) is 36.6 Å². The first-order valence-electron chi connectivity index (χ1n) is 8.96. The normalized spacial score (nSPS) is 15.2. The predicted octanol–water partition coefficient (Wildman–Crippen LogP) is -0.113. The molecular formula is C21H28NNaO6S. The zero-order chi connectivity index (χ0) is 22.2. The molecule has 0 saturated carbocycles. The number of benzene rings is 1. The molecule has 4 atom stereocenters. The Morgan fingerprint density at radius 1 is 1.23 bits per heavy atom. The molecule has 0 aromatic heterocycles. The quantitative estimate of drug-likeness (QED) is 0.225. The first-order valence-corrected chi connectivity index (χ1v) is 10.5. The van der Waals surface area contributed by atoms with Gasteiger partial charge in [-0.05, 0) is 25.5 Å². The van der Waals surface area contributed by atoms with Crippen LogP contribution < -0.4 is 34.9 Å². The van der Waals surface area contributed by atoms with Crippen LogP contribution in [0.5, 0.6) is 0 Å². The van der Waals surface area contributed by atoms with Crippen LogP contribution in [0.1, 0.15) is 27.8 Å². The van der Waals surface area contributed by atoms with E-state index in [1.807, 2.05) is 30.3 Å². The summed E-state index contributed by atoms with van der Waals surface area (Å²) in [5.41, 5.74) is 0.932. The smallest absolute Gasteiger partial charge is 1.00 e. The van der Waals surface area contributed by atoms with Crippen LogP contribution in [0.15, 0.2) is 61.2 Å². The molecule has 0 spiro atoms. The Balaban J connectivity index is 0. The monoisotopic (exact) mass is 445 g/mol. The van der Waals surface area contributed by atoms with Crippen molar-refractivity contribution in [1.29, 1.82) is 0 Å². The number of hydrogen-bond acceptors (Lipinski definition) is 5. The summed E-state index contributed by atoms with van der Waals surface area (Å²) in [7, 11) is -4.62. The Morgan fingerprint density at radius 3 is 2.27 bits per heavy atom. The fraction of sp³-hybridized carbons (Fsp3) is 0.333. The second-order valence-electron chi connectivity index (χ2n) is 6.74. The van der Waals surface area contributed by atoms with Crippen LogP contribution >= 0.6 is 0 Å². The number of hydrogen-bond donors (Lipinski definition) is 2. The van der Waals surface area contributed by atoms with Gasteiger partial charge in [0.25, 0.3) is 10.1 Å². The van der Waals surface area contributed by atoms with Crippen LogP contribution in [0.4, 0.5) is 0 Å². The van der Waals surface area contributed by atoms with Gasteiger partial charge in [0, 0.05) is 11.5 Å². The molecular weight excluding hydrogens is 417 g/mol. The Morgan fingerprint density at radius 2 is 1.80 bits per heavy atom. The van der Waals surface area contributed by atoms with Crippen LogP contribution in [0.3, 0.4) is 0 Å². The molecule has 7 nitrogen and oxygen atoms in total. The third-order valence-electron chi connectivity index (χ3n) is 4.32. The number of ether oxygens (including phenoxy) is 1. The summed E-state index contributed by atoms with van der Waals surface area (Å²) in [5.74, 6) is -2.13. The Bertz CT molecular complexity index is 888. The van der Waals surface area contributed by atoms with Crippen molar-refractivity contribution in [2.45, 2.75) is 38.2 Å². The standard InChI is InChI=1S/C21H27NO6S.Na.H/c1-6-19(23)22-18(13-12-17-10-8-7-9-11-17)15(4)20(29(25,26)27)16(5)28-21(24)14(2)3;;/h6-13,15-16,18,20H,1-2H2,3-5H3,(H,22,23)(H,25,26,27);;/q;+1;-1. The average molecular weight is 446 g/mol. The molecule has 0 aliphatic heterocycles. The molecule has 0 heterocycles. The zero-order valence-corrected chi connectivity index (χ0v) is 20.6. The van der Waals surface area contributed by atoms with E-state index < -0.39 is 45.3 Å². The van der Waals surface area contributed by atoms with Crippen molar-refractivity contribution in [3.05, 3.63) is 66.8 Å². The summed E-state index contributed by atoms with van der Waals surface area (Å²) >= 11 is 0. The Kier molecular flexibility index (Phi) is 12.1. The molecule has 2 N–H and O–H groups in total. The van der Waals surface area contributed by atoms with Gasteiger partial charge in [0.1, 0.15) is 11.4 Å². The van der Waals surface area contributed by atoms with Gasteiger partial charge in [0.2, 0.25) is 5.91 Å². The largest absolute Gasteiger partial charge is 1.00 e. The molecule has 0 aliphatic rings. The van der Waals surface area contributed by atoms with E-state index in [0.29, 0.717) is 0 Å². The molecule has 9 heteroatoms. The molecule has 1 rings (SSSR count). The second-order valence-corrected chi connectivity index (χ2v) is 8.31. The summed E-state index contributed by atoms with van der Waals surface area (Å²) in [6, 6.07) is 8.40. The maximum Gasteiger partial charge on any atom is 1.00 e. The van der Waals surface area contributed by atoms with Crippen molar-refractivity contribution < 1.29 is 58.3 Å². The van der Waals surface area contributed by atoms with Gasteiger partial charge < -0.3 is 11.5 Å². The van der Waals surface area contributed by atoms with Crippen LogP contribution in [-0.4, -0.2) is 42.2 Å². The summed E-state index contributed by atoms with van der Waals surface area (Å²) in [4.78, 5) is 23.7. The van der Waals surface area contributed by atoms with Crippen molar-refractivity contribution in [3.63, 3.8) is 0 Å². The maximum absolute atomic E-state index is 12.1. The van der Waals surface area contributed by atoms with Gasteiger partial charge in [-0.2, -0.15) is 8.42 Å². The molecule has 0 radical (unpaired) electrons. The molecule has 0 bridgehead atoms. The number of esters is 1. The summed E-state index contributed by atoms with van der Waals surface area (Å²) in [5, 5.41) is 1.16. The minimum atomic E-state index is -4.62. The van der Waals surface area contributed by atoms with Crippen molar-refractivity contribution in [3.8, 4) is 0 Å². The molecule has 0 aliphatic carbocycles. The van der Waals surface area contributed by atoms with Crippen molar-refractivity contribution in [1.82, 2.24) is 5.32 Å². The van der Waals surface area contributed by atoms with Crippen molar-refractivity contribution in [2.24, 2.45) is 5.92 Å². The third kappa shape index (κ3) is 8.97. The third-order valence-corrected chi connectivity index (χ3v) is 5.82. The Hall–Kier alpha value is -1.71. The van der Waals surface area contributed by atoms with Crippen LogP contribution in [0.2, 0.25) is 0 Å². The number of rotatable bonds is 10. The molecule has 1 aromatic rings. The van der Waals surface area contributed by atoms with E-state index in [4.69, 9.17) is 4.74 Å². The number of nitrogens with one attached hydrogen (secondary N) is 1. The number of amides is 1. The zero-order valence-electron chi connectivity index (χ0n) is 18.7. The van der Waals surface area contributed by atoms with E-state index in [9.17, 15) is 22.6 Å². The predicted molar refractivity (Wildman–Crippen MR) is 114 cm³/mol. The van der Waals surface area contributed by atoms with E-state index in [1.165, 1.54) is 20.8 Å². The molecule has 30 heavy (non-hydrogen) atoms. The molecule has 0 saturated heterocycles. The molecule has 4 unspecified atom stereocenters. The fourth-order valence-corrected chi connectivity index (χ4v) is 4.09. The number of carbonyl (C=O) groups excluding carboxylic acids is 2. The molecule has 1 aromatic carbocycles. The average Bonchev–Trinajstić information content (AvgIpc) is 2.64. The van der Waals surface area contributed by atoms with Crippen molar-refractivity contribution >= 4 is 28.1 Å². The minimum absolute atomic E-state index is 0. The molecule has 160 valence electrons. The first kappa shape index (κ1) is 28.3. The SMILES string of the molecule is C=CC(=O)NC(C=Cc1ccccc1)C(C)C(C(C)OC(=O)C(=C)C)S(=O)(=O)O.[H-].[Na+]. The van der Waals surface area contributed by atoms with Crippen LogP contribution in [0, 0.1) is 5.92 Å². The minimum Gasteiger partial charge on any atom is -1.00 e. The fourth-order valence-electron chi connectivity index (χ4n) is 2.84. The van der Waals surface area contributed by atoms with Gasteiger partial charge in [-0.25, -0.2) is 4.79 Å². The number of carbonyl (C=O) groups is 2. The first-order chi connectivity index (χ1) is 13.5. The van der Waals surface area contributed by atoms with Gasteiger partial charge in [-0.1, -0.05) is 62.6 Å². The summed E-state index contributed by atoms with van der Waals surface area (Å²) in [6.45, 7) is 11.2. The van der Waals surface area contributed by atoms with Gasteiger partial charge in [-0.3, -0.25) is 9.35 Å². The van der Waals surface area contributed by atoms with Gasteiger partial charge >= 0.3 is 35.5 Å². The molecule has 1 amide bonds. The second kappa shape index (κ2) is 12.9. The van der Waals surface area contributed by atoms with E-state index >= 15 is 0 Å². The summed E-state index contributed by atoms with van der Waals surface area (Å²) < 4.78 is 39.1. The van der Waals surface area contributed by atoms with E-state index in [0.717, 1.165) is 11.6 Å². The summed E-state index contributed by atoms with van der Waals surface area (Å²) in [6.07, 6.45) is 3.21.